The van der Waals surface area contributed by atoms with Gasteiger partial charge in [0, 0.05) is 20.1 Å². The van der Waals surface area contributed by atoms with Crippen LogP contribution in [-0.2, 0) is 6.54 Å². The highest BCUT2D eigenvalue weighted by Gasteiger charge is 2.24. The minimum Gasteiger partial charge on any atom is -0.497 e. The normalized spacial score (nSPS) is 14.8. The van der Waals surface area contributed by atoms with E-state index in [4.69, 9.17) is 14.2 Å². The molecule has 0 aromatic heterocycles. The summed E-state index contributed by atoms with van der Waals surface area (Å²) in [7, 11) is 5.17. The molecule has 33 heavy (non-hydrogen) atoms. The summed E-state index contributed by atoms with van der Waals surface area (Å²) in [6.45, 7) is 6.19. The fourth-order valence-corrected chi connectivity index (χ4v) is 4.06. The molecule has 1 atom stereocenters. The van der Waals surface area contributed by atoms with E-state index in [1.54, 1.807) is 21.3 Å². The van der Waals surface area contributed by atoms with Crippen LogP contribution in [0, 0.1) is 0 Å². The van der Waals surface area contributed by atoms with Crippen LogP contribution < -0.4 is 24.8 Å². The van der Waals surface area contributed by atoms with E-state index in [0.29, 0.717) is 13.2 Å². The van der Waals surface area contributed by atoms with E-state index < -0.39 is 0 Å². The van der Waals surface area contributed by atoms with Crippen LogP contribution >= 0.6 is 24.0 Å². The monoisotopic (exact) mass is 568 g/mol. The summed E-state index contributed by atoms with van der Waals surface area (Å²) in [4.78, 5) is 6.95. The summed E-state index contributed by atoms with van der Waals surface area (Å²) in [5.41, 5.74) is 2.35. The molecule has 2 aromatic rings. The van der Waals surface area contributed by atoms with E-state index >= 15 is 0 Å². The van der Waals surface area contributed by atoms with E-state index in [2.05, 4.69) is 38.7 Å². The maximum absolute atomic E-state index is 5.61. The first-order valence-electron chi connectivity index (χ1n) is 11.3. The maximum atomic E-state index is 5.61. The average Bonchev–Trinajstić information content (AvgIpc) is 3.36. The van der Waals surface area contributed by atoms with Gasteiger partial charge in [-0.25, -0.2) is 0 Å². The Morgan fingerprint density at radius 3 is 2.48 bits per heavy atom. The van der Waals surface area contributed by atoms with Gasteiger partial charge in [0.15, 0.2) is 17.5 Å². The van der Waals surface area contributed by atoms with Crippen LogP contribution in [0.2, 0.25) is 0 Å². The molecule has 2 aromatic carbocycles. The highest BCUT2D eigenvalue weighted by Crippen LogP contribution is 2.28. The van der Waals surface area contributed by atoms with Gasteiger partial charge in [0.1, 0.15) is 5.75 Å². The number of likely N-dealkylation sites (tertiary alicyclic amines) is 1. The van der Waals surface area contributed by atoms with Crippen LogP contribution in [0.25, 0.3) is 0 Å². The molecule has 2 N–H and O–H groups in total. The third-order valence-corrected chi connectivity index (χ3v) is 5.73. The minimum atomic E-state index is 0. The van der Waals surface area contributed by atoms with Gasteiger partial charge in [-0.15, -0.1) is 24.0 Å². The summed E-state index contributed by atoms with van der Waals surface area (Å²) < 4.78 is 16.5. The first-order valence-corrected chi connectivity index (χ1v) is 11.3. The Bertz CT molecular complexity index is 888. The zero-order chi connectivity index (χ0) is 22.8. The van der Waals surface area contributed by atoms with Crippen LogP contribution in [0.5, 0.6) is 17.2 Å². The number of nitrogens with zero attached hydrogens (tertiary/aromatic N) is 2. The molecule has 8 heteroatoms. The van der Waals surface area contributed by atoms with Gasteiger partial charge < -0.3 is 24.8 Å². The van der Waals surface area contributed by atoms with Crippen LogP contribution in [0.4, 0.5) is 0 Å². The molecule has 0 radical (unpaired) electrons. The molecule has 7 nitrogen and oxygen atoms in total. The molecule has 1 aliphatic heterocycles. The van der Waals surface area contributed by atoms with E-state index in [0.717, 1.165) is 48.4 Å². The largest absolute Gasteiger partial charge is 0.497 e. The Labute approximate surface area is 214 Å². The second-order valence-corrected chi connectivity index (χ2v) is 7.76. The number of benzene rings is 2. The summed E-state index contributed by atoms with van der Waals surface area (Å²) in [5.74, 6) is 3.15. The molecule has 1 unspecified atom stereocenters. The van der Waals surface area contributed by atoms with Gasteiger partial charge in [0.05, 0.1) is 26.9 Å². The number of aliphatic imine (C=N–C) groups is 1. The number of nitrogens with one attached hydrogen (secondary N) is 2. The van der Waals surface area contributed by atoms with Crippen LogP contribution in [0.1, 0.15) is 36.9 Å². The molecule has 1 saturated heterocycles. The number of ether oxygens (including phenoxy) is 3. The maximum Gasteiger partial charge on any atom is 0.191 e. The van der Waals surface area contributed by atoms with Gasteiger partial charge in [-0.2, -0.15) is 0 Å². The zero-order valence-electron chi connectivity index (χ0n) is 20.1. The SMILES string of the molecule is CCOc1ccc(CNC(=NC)NCC(c2cccc(OC)c2)N2CCCC2)cc1OC.I. The van der Waals surface area contributed by atoms with Crippen molar-refractivity contribution in [2.45, 2.75) is 32.4 Å². The molecule has 0 saturated carbocycles. The van der Waals surface area contributed by atoms with Crippen molar-refractivity contribution in [1.82, 2.24) is 15.5 Å². The second kappa shape index (κ2) is 14.1. The Kier molecular flexibility index (Phi) is 11.6. The molecule has 1 aliphatic rings. The number of rotatable bonds is 10. The van der Waals surface area contributed by atoms with Crippen LogP contribution in [-0.4, -0.2) is 58.4 Å². The average molecular weight is 569 g/mol. The summed E-state index contributed by atoms with van der Waals surface area (Å²) in [6.07, 6.45) is 2.49. The second-order valence-electron chi connectivity index (χ2n) is 7.76. The van der Waals surface area contributed by atoms with E-state index in [1.165, 1.54) is 18.4 Å². The van der Waals surface area contributed by atoms with Gasteiger partial charge in [0.25, 0.3) is 0 Å². The lowest BCUT2D eigenvalue weighted by Gasteiger charge is -2.29. The van der Waals surface area contributed by atoms with Crippen molar-refractivity contribution in [2.75, 3.05) is 47.5 Å². The van der Waals surface area contributed by atoms with Gasteiger partial charge in [0.2, 0.25) is 0 Å². The van der Waals surface area contributed by atoms with Crippen molar-refractivity contribution in [1.29, 1.82) is 0 Å². The standard InChI is InChI=1S/C25H36N4O3.HI/c1-5-32-23-12-11-19(15-24(23)31-4)17-27-25(26-2)28-18-22(29-13-6-7-14-29)20-9-8-10-21(16-20)30-3;/h8-12,15-16,22H,5-7,13-14,17-18H2,1-4H3,(H2,26,27,28);1H. The fraction of sp³-hybridized carbons (Fsp3) is 0.480. The van der Waals surface area contributed by atoms with E-state index in [-0.39, 0.29) is 30.0 Å². The molecule has 1 fully saturated rings. The minimum absolute atomic E-state index is 0. The zero-order valence-corrected chi connectivity index (χ0v) is 22.4. The summed E-state index contributed by atoms with van der Waals surface area (Å²) >= 11 is 0. The quantitative estimate of drug-likeness (QED) is 0.254. The highest BCUT2D eigenvalue weighted by atomic mass is 127. The van der Waals surface area contributed by atoms with Crippen molar-refractivity contribution in [3.05, 3.63) is 53.6 Å². The van der Waals surface area contributed by atoms with Crippen molar-refractivity contribution in [3.63, 3.8) is 0 Å². The topological polar surface area (TPSA) is 67.3 Å². The summed E-state index contributed by atoms with van der Waals surface area (Å²) in [6, 6.07) is 14.6. The van der Waals surface area contributed by atoms with Crippen molar-refractivity contribution >= 4 is 29.9 Å². The van der Waals surface area contributed by atoms with Gasteiger partial charge in [-0.05, 0) is 68.2 Å². The smallest absolute Gasteiger partial charge is 0.191 e. The molecular formula is C25H37IN4O3. The first-order chi connectivity index (χ1) is 15.7. The number of hydrogen-bond donors (Lipinski definition) is 2. The molecule has 182 valence electrons. The third kappa shape index (κ3) is 7.67. The lowest BCUT2D eigenvalue weighted by molar-refractivity contribution is 0.245. The van der Waals surface area contributed by atoms with Crippen LogP contribution in [0.15, 0.2) is 47.5 Å². The fourth-order valence-electron chi connectivity index (χ4n) is 4.06. The lowest BCUT2D eigenvalue weighted by atomic mass is 10.1. The first kappa shape index (κ1) is 27.0. The Balaban J connectivity index is 0.00000385. The molecule has 3 rings (SSSR count). The number of methoxy groups -OCH3 is 2. The molecule has 0 amide bonds. The number of hydrogen-bond acceptors (Lipinski definition) is 5. The van der Waals surface area contributed by atoms with Gasteiger partial charge >= 0.3 is 0 Å². The van der Waals surface area contributed by atoms with E-state index in [1.807, 2.05) is 31.2 Å². The van der Waals surface area contributed by atoms with Gasteiger partial charge in [-0.3, -0.25) is 9.89 Å². The summed E-state index contributed by atoms with van der Waals surface area (Å²) in [5, 5.41) is 6.92. The number of guanidine groups is 1. The predicted molar refractivity (Wildman–Crippen MR) is 144 cm³/mol. The highest BCUT2D eigenvalue weighted by molar-refractivity contribution is 14.0. The lowest BCUT2D eigenvalue weighted by Crippen LogP contribution is -2.42. The molecule has 0 bridgehead atoms. The van der Waals surface area contributed by atoms with E-state index in [9.17, 15) is 0 Å². The van der Waals surface area contributed by atoms with Crippen molar-refractivity contribution < 1.29 is 14.2 Å². The Morgan fingerprint density at radius 2 is 1.82 bits per heavy atom. The Morgan fingerprint density at radius 1 is 1.03 bits per heavy atom. The molecule has 0 aliphatic carbocycles. The Hall–Kier alpha value is -2.20. The molecular weight excluding hydrogens is 531 g/mol. The van der Waals surface area contributed by atoms with Gasteiger partial charge in [-0.1, -0.05) is 18.2 Å². The molecule has 0 spiro atoms. The predicted octanol–water partition coefficient (Wildman–Crippen LogP) is 4.22. The number of halogens is 1. The molecule has 1 heterocycles. The van der Waals surface area contributed by atoms with Crippen LogP contribution in [0.3, 0.4) is 0 Å². The third-order valence-electron chi connectivity index (χ3n) is 5.73. The van der Waals surface area contributed by atoms with Crippen molar-refractivity contribution in [2.24, 2.45) is 4.99 Å². The van der Waals surface area contributed by atoms with Crippen molar-refractivity contribution in [3.8, 4) is 17.2 Å².